The fourth-order valence-electron chi connectivity index (χ4n) is 3.71. The Morgan fingerprint density at radius 3 is 2.45 bits per heavy atom. The van der Waals surface area contributed by atoms with Gasteiger partial charge < -0.3 is 10.2 Å². The molecule has 1 aromatic carbocycles. The maximum atomic E-state index is 12.6. The van der Waals surface area contributed by atoms with Crippen molar-refractivity contribution in [2.24, 2.45) is 5.92 Å². The molecule has 0 radical (unpaired) electrons. The van der Waals surface area contributed by atoms with Gasteiger partial charge >= 0.3 is 0 Å². The van der Waals surface area contributed by atoms with Gasteiger partial charge in [0.25, 0.3) is 0 Å². The number of aromatic nitrogens is 1. The van der Waals surface area contributed by atoms with Gasteiger partial charge in [-0.2, -0.15) is 0 Å². The lowest BCUT2D eigenvalue weighted by Crippen LogP contribution is -2.43. The van der Waals surface area contributed by atoms with Crippen molar-refractivity contribution < 1.29 is 9.59 Å². The van der Waals surface area contributed by atoms with Crippen molar-refractivity contribution in [2.75, 3.05) is 13.1 Å². The molecule has 2 heterocycles. The number of rotatable bonds is 7. The Balaban J connectivity index is 1.39. The van der Waals surface area contributed by atoms with Crippen LogP contribution in [-0.2, 0) is 22.6 Å². The van der Waals surface area contributed by atoms with Crippen molar-refractivity contribution in [1.82, 2.24) is 15.2 Å². The molecule has 1 aromatic heterocycles. The summed E-state index contributed by atoms with van der Waals surface area (Å²) in [6, 6.07) is 12.4. The Hall–Kier alpha value is -2.69. The molecule has 0 spiro atoms. The van der Waals surface area contributed by atoms with Crippen molar-refractivity contribution >= 4 is 11.8 Å². The normalized spacial score (nSPS) is 14.8. The minimum atomic E-state index is -0.0145. The van der Waals surface area contributed by atoms with Crippen molar-refractivity contribution in [3.05, 3.63) is 65.5 Å². The van der Waals surface area contributed by atoms with E-state index in [1.54, 1.807) is 12.4 Å². The molecule has 5 nitrogen and oxygen atoms in total. The summed E-state index contributed by atoms with van der Waals surface area (Å²) in [5.74, 6) is 0.770. The zero-order chi connectivity index (χ0) is 20.6. The van der Waals surface area contributed by atoms with E-state index < -0.39 is 0 Å². The highest BCUT2D eigenvalue weighted by Crippen LogP contribution is 2.19. The van der Waals surface area contributed by atoms with Crippen LogP contribution in [-0.4, -0.2) is 34.8 Å². The number of aryl methyl sites for hydroxylation is 1. The molecule has 154 valence electrons. The Morgan fingerprint density at radius 2 is 1.83 bits per heavy atom. The Labute approximate surface area is 173 Å². The number of benzene rings is 1. The van der Waals surface area contributed by atoms with Crippen molar-refractivity contribution in [1.29, 1.82) is 0 Å². The maximum absolute atomic E-state index is 12.6. The molecule has 2 aromatic rings. The molecule has 3 rings (SSSR count). The zero-order valence-corrected chi connectivity index (χ0v) is 17.4. The van der Waals surface area contributed by atoms with Gasteiger partial charge in [0, 0.05) is 44.4 Å². The van der Waals surface area contributed by atoms with Gasteiger partial charge in [0.1, 0.15) is 0 Å². The van der Waals surface area contributed by atoms with Gasteiger partial charge in [0.15, 0.2) is 0 Å². The van der Waals surface area contributed by atoms with Gasteiger partial charge in [-0.1, -0.05) is 44.2 Å². The SMILES string of the molecule is CC(C)c1ccc(CCC(=O)N2CCC(C(=O)NCc3cccnc3)CC2)cc1. The Morgan fingerprint density at radius 1 is 1.10 bits per heavy atom. The Kier molecular flexibility index (Phi) is 7.39. The standard InChI is InChI=1S/C24H31N3O2/c1-18(2)21-8-5-19(6-9-21)7-10-23(28)27-14-11-22(12-15-27)24(29)26-17-20-4-3-13-25-16-20/h3-6,8-9,13,16,18,22H,7,10-12,14-15,17H2,1-2H3,(H,26,29). The Bertz CT molecular complexity index is 795. The van der Waals surface area contributed by atoms with Gasteiger partial charge in [0.05, 0.1) is 0 Å². The maximum Gasteiger partial charge on any atom is 0.223 e. The molecule has 2 amide bonds. The zero-order valence-electron chi connectivity index (χ0n) is 17.4. The van der Waals surface area contributed by atoms with Crippen LogP contribution in [0.4, 0.5) is 0 Å². The highest BCUT2D eigenvalue weighted by molar-refractivity contribution is 5.80. The molecular formula is C24H31N3O2. The third-order valence-corrected chi connectivity index (χ3v) is 5.68. The van der Waals surface area contributed by atoms with Crippen LogP contribution in [0.3, 0.4) is 0 Å². The highest BCUT2D eigenvalue weighted by Gasteiger charge is 2.26. The summed E-state index contributed by atoms with van der Waals surface area (Å²) >= 11 is 0. The number of piperidine rings is 1. The van der Waals surface area contributed by atoms with Crippen molar-refractivity contribution in [3.8, 4) is 0 Å². The molecule has 29 heavy (non-hydrogen) atoms. The number of amides is 2. The largest absolute Gasteiger partial charge is 0.352 e. The summed E-state index contributed by atoms with van der Waals surface area (Å²) in [7, 11) is 0. The van der Waals surface area contributed by atoms with Crippen molar-refractivity contribution in [3.63, 3.8) is 0 Å². The van der Waals surface area contributed by atoms with Crippen LogP contribution >= 0.6 is 0 Å². The molecule has 1 fully saturated rings. The number of nitrogens with one attached hydrogen (secondary N) is 1. The van der Waals surface area contributed by atoms with E-state index in [9.17, 15) is 9.59 Å². The smallest absolute Gasteiger partial charge is 0.223 e. The summed E-state index contributed by atoms with van der Waals surface area (Å²) in [5, 5.41) is 2.99. The second-order valence-electron chi connectivity index (χ2n) is 8.13. The van der Waals surface area contributed by atoms with E-state index in [1.165, 1.54) is 11.1 Å². The quantitative estimate of drug-likeness (QED) is 0.780. The molecule has 5 heteroatoms. The minimum Gasteiger partial charge on any atom is -0.352 e. The average Bonchev–Trinajstić information content (AvgIpc) is 2.77. The van der Waals surface area contributed by atoms with E-state index in [4.69, 9.17) is 0 Å². The second-order valence-corrected chi connectivity index (χ2v) is 8.13. The molecule has 0 saturated carbocycles. The summed E-state index contributed by atoms with van der Waals surface area (Å²) < 4.78 is 0. The summed E-state index contributed by atoms with van der Waals surface area (Å²) in [4.78, 5) is 30.9. The first kappa shape index (κ1) is 21.0. The molecule has 0 bridgehead atoms. The van der Waals surface area contributed by atoms with Crippen LogP contribution in [0.15, 0.2) is 48.8 Å². The van der Waals surface area contributed by atoms with E-state index in [1.807, 2.05) is 17.0 Å². The van der Waals surface area contributed by atoms with Crippen LogP contribution in [0, 0.1) is 5.92 Å². The number of pyridine rings is 1. The number of carbonyl (C=O) groups excluding carboxylic acids is 2. The van der Waals surface area contributed by atoms with Crippen molar-refractivity contribution in [2.45, 2.75) is 52.0 Å². The predicted molar refractivity (Wildman–Crippen MR) is 114 cm³/mol. The van der Waals surface area contributed by atoms with Crippen LogP contribution in [0.25, 0.3) is 0 Å². The topological polar surface area (TPSA) is 62.3 Å². The van der Waals surface area contributed by atoms with Gasteiger partial charge in [-0.25, -0.2) is 0 Å². The summed E-state index contributed by atoms with van der Waals surface area (Å²) in [5.41, 5.74) is 3.52. The highest BCUT2D eigenvalue weighted by atomic mass is 16.2. The molecule has 0 unspecified atom stereocenters. The van der Waals surface area contributed by atoms with Gasteiger partial charge in [-0.3, -0.25) is 14.6 Å². The first-order valence-electron chi connectivity index (χ1n) is 10.6. The summed E-state index contributed by atoms with van der Waals surface area (Å²) in [6.07, 6.45) is 6.24. The molecule has 1 aliphatic rings. The lowest BCUT2D eigenvalue weighted by Gasteiger charge is -2.31. The number of nitrogens with zero attached hydrogens (tertiary/aromatic N) is 2. The van der Waals surface area contributed by atoms with E-state index >= 15 is 0 Å². The van der Waals surface area contributed by atoms with E-state index in [0.717, 1.165) is 24.8 Å². The van der Waals surface area contributed by atoms with E-state index in [2.05, 4.69) is 48.4 Å². The molecule has 1 N–H and O–H groups in total. The lowest BCUT2D eigenvalue weighted by molar-refractivity contribution is -0.135. The summed E-state index contributed by atoms with van der Waals surface area (Å²) in [6.45, 7) is 6.19. The van der Waals surface area contributed by atoms with Crippen LogP contribution < -0.4 is 5.32 Å². The molecule has 1 aliphatic heterocycles. The monoisotopic (exact) mass is 393 g/mol. The molecule has 0 atom stereocenters. The third-order valence-electron chi connectivity index (χ3n) is 5.68. The van der Waals surface area contributed by atoms with Gasteiger partial charge in [-0.05, 0) is 47.9 Å². The number of carbonyl (C=O) groups is 2. The molecule has 1 saturated heterocycles. The first-order valence-corrected chi connectivity index (χ1v) is 10.6. The van der Waals surface area contributed by atoms with E-state index in [-0.39, 0.29) is 17.7 Å². The number of hydrogen-bond donors (Lipinski definition) is 1. The van der Waals surface area contributed by atoms with Crippen LogP contribution in [0.5, 0.6) is 0 Å². The van der Waals surface area contributed by atoms with Crippen LogP contribution in [0.2, 0.25) is 0 Å². The average molecular weight is 394 g/mol. The van der Waals surface area contributed by atoms with Crippen LogP contribution in [0.1, 0.15) is 55.7 Å². The van der Waals surface area contributed by atoms with E-state index in [0.29, 0.717) is 32.0 Å². The lowest BCUT2D eigenvalue weighted by atomic mass is 9.95. The second kappa shape index (κ2) is 10.2. The molecular weight excluding hydrogens is 362 g/mol. The third kappa shape index (κ3) is 6.14. The predicted octanol–water partition coefficient (Wildman–Crippen LogP) is 3.69. The molecule has 0 aliphatic carbocycles. The van der Waals surface area contributed by atoms with Gasteiger partial charge in [-0.15, -0.1) is 0 Å². The fraction of sp³-hybridized carbons (Fsp3) is 0.458. The first-order chi connectivity index (χ1) is 14.0. The number of likely N-dealkylation sites (tertiary alicyclic amines) is 1. The fourth-order valence-corrected chi connectivity index (χ4v) is 3.71. The van der Waals surface area contributed by atoms with Gasteiger partial charge in [0.2, 0.25) is 11.8 Å². The number of hydrogen-bond acceptors (Lipinski definition) is 3. The minimum absolute atomic E-state index is 0.0145.